The van der Waals surface area contributed by atoms with Crippen molar-refractivity contribution in [1.82, 2.24) is 9.71 Å². The van der Waals surface area contributed by atoms with E-state index in [0.29, 0.717) is 0 Å². The zero-order chi connectivity index (χ0) is 14.2. The van der Waals surface area contributed by atoms with Crippen LogP contribution in [0.15, 0.2) is 4.79 Å². The van der Waals surface area contributed by atoms with Gasteiger partial charge in [-0.15, -0.1) is 4.73 Å². The summed E-state index contributed by atoms with van der Waals surface area (Å²) in [7, 11) is 0. The number of aromatic nitrogens is 2. The Morgan fingerprint density at radius 3 is 2.68 bits per heavy atom. The lowest BCUT2D eigenvalue weighted by Crippen LogP contribution is -2.35. The van der Waals surface area contributed by atoms with E-state index >= 15 is 0 Å². The van der Waals surface area contributed by atoms with Crippen LogP contribution >= 0.6 is 0 Å². The van der Waals surface area contributed by atoms with Crippen molar-refractivity contribution < 1.29 is 24.3 Å². The topological polar surface area (TPSA) is 160 Å². The Morgan fingerprint density at radius 2 is 2.00 bits per heavy atom. The van der Waals surface area contributed by atoms with Crippen LogP contribution < -0.4 is 26.6 Å². The van der Waals surface area contributed by atoms with Gasteiger partial charge in [0.15, 0.2) is 5.82 Å². The molecular formula is C9H10N4O6. The molecule has 102 valence electrons. The van der Waals surface area contributed by atoms with Crippen LogP contribution in [0.25, 0.3) is 0 Å². The van der Waals surface area contributed by atoms with Gasteiger partial charge in [-0.2, -0.15) is 4.98 Å². The number of carbonyl (C=O) groups is 2. The molecule has 0 saturated heterocycles. The third-order valence-electron chi connectivity index (χ3n) is 2.41. The number of rotatable bonds is 0. The van der Waals surface area contributed by atoms with E-state index in [4.69, 9.17) is 20.9 Å². The highest BCUT2D eigenvalue weighted by Crippen LogP contribution is 2.30. The SMILES string of the molecule is Nc1c2c(nc(=O)n1O)OC(=O)CC[C@@H](N)C(=O)O2. The fraction of sp³-hybridized carbons (Fsp3) is 0.333. The van der Waals surface area contributed by atoms with Crippen molar-refractivity contribution in [2.24, 2.45) is 5.73 Å². The number of nitrogens with zero attached hydrogens (tertiary/aromatic N) is 2. The molecule has 0 fully saturated rings. The fourth-order valence-electron chi connectivity index (χ4n) is 1.39. The molecule has 2 rings (SSSR count). The molecule has 0 saturated carbocycles. The van der Waals surface area contributed by atoms with Crippen molar-refractivity contribution in [3.8, 4) is 11.6 Å². The van der Waals surface area contributed by atoms with E-state index in [1.807, 2.05) is 0 Å². The van der Waals surface area contributed by atoms with Gasteiger partial charge in [-0.25, -0.2) is 9.59 Å². The molecule has 1 aliphatic rings. The molecule has 0 aliphatic carbocycles. The molecule has 2 heterocycles. The van der Waals surface area contributed by atoms with Crippen LogP contribution in [-0.4, -0.2) is 32.9 Å². The number of hydrogen-bond donors (Lipinski definition) is 3. The van der Waals surface area contributed by atoms with Crippen molar-refractivity contribution >= 4 is 17.8 Å². The Hall–Kier alpha value is -2.62. The summed E-state index contributed by atoms with van der Waals surface area (Å²) in [6.45, 7) is 0. The van der Waals surface area contributed by atoms with Crippen molar-refractivity contribution in [2.45, 2.75) is 18.9 Å². The first-order chi connectivity index (χ1) is 8.90. The number of hydrogen-bond acceptors (Lipinski definition) is 9. The maximum absolute atomic E-state index is 11.6. The summed E-state index contributed by atoms with van der Waals surface area (Å²) in [5, 5.41) is 9.27. The molecule has 0 aromatic carbocycles. The molecule has 0 radical (unpaired) electrons. The molecule has 5 N–H and O–H groups in total. The van der Waals surface area contributed by atoms with Crippen LogP contribution in [0.4, 0.5) is 5.82 Å². The molecule has 1 aromatic rings. The second-order valence-electron chi connectivity index (χ2n) is 3.77. The van der Waals surface area contributed by atoms with Crippen molar-refractivity contribution in [3.63, 3.8) is 0 Å². The predicted molar refractivity (Wildman–Crippen MR) is 58.6 cm³/mol. The van der Waals surface area contributed by atoms with Crippen molar-refractivity contribution in [3.05, 3.63) is 10.5 Å². The minimum absolute atomic E-state index is 0.00885. The molecule has 1 aliphatic heterocycles. The standard InChI is InChI=1S/C9H10N4O6/c10-3-1-2-4(14)18-7-5(19-8(3)15)6(11)13(17)9(16)12-7/h3,17H,1-2,10-11H2/t3-/m1/s1. The van der Waals surface area contributed by atoms with Gasteiger partial charge in [0, 0.05) is 6.42 Å². The first-order valence-corrected chi connectivity index (χ1v) is 5.20. The monoisotopic (exact) mass is 270 g/mol. The van der Waals surface area contributed by atoms with Gasteiger partial charge in [0.1, 0.15) is 6.04 Å². The van der Waals surface area contributed by atoms with Gasteiger partial charge in [-0.3, -0.25) is 4.79 Å². The van der Waals surface area contributed by atoms with Crippen molar-refractivity contribution in [2.75, 3.05) is 5.73 Å². The average Bonchev–Trinajstić information content (AvgIpc) is 2.41. The van der Waals surface area contributed by atoms with E-state index in [2.05, 4.69) is 4.98 Å². The zero-order valence-electron chi connectivity index (χ0n) is 9.53. The highest BCUT2D eigenvalue weighted by atomic mass is 16.6. The highest BCUT2D eigenvalue weighted by molar-refractivity contribution is 5.82. The van der Waals surface area contributed by atoms with Crippen LogP contribution in [0.5, 0.6) is 11.6 Å². The number of esters is 2. The molecule has 10 heteroatoms. The second kappa shape index (κ2) is 4.57. The summed E-state index contributed by atoms with van der Waals surface area (Å²) < 4.78 is 9.50. The van der Waals surface area contributed by atoms with E-state index < -0.39 is 41.1 Å². The summed E-state index contributed by atoms with van der Waals surface area (Å²) in [6, 6.07) is -1.06. The molecule has 10 nitrogen and oxygen atoms in total. The van der Waals surface area contributed by atoms with Crippen molar-refractivity contribution in [1.29, 1.82) is 0 Å². The molecule has 1 atom stereocenters. The maximum atomic E-state index is 11.6. The van der Waals surface area contributed by atoms with E-state index in [0.717, 1.165) is 0 Å². The molecule has 19 heavy (non-hydrogen) atoms. The van der Waals surface area contributed by atoms with Gasteiger partial charge in [-0.1, -0.05) is 0 Å². The van der Waals surface area contributed by atoms with Gasteiger partial charge in [0.2, 0.25) is 5.75 Å². The zero-order valence-corrected chi connectivity index (χ0v) is 9.53. The van der Waals surface area contributed by atoms with Gasteiger partial charge < -0.3 is 26.1 Å². The molecule has 1 aromatic heterocycles. The average molecular weight is 270 g/mol. The van der Waals surface area contributed by atoms with E-state index in [-0.39, 0.29) is 17.6 Å². The van der Waals surface area contributed by atoms with Crippen LogP contribution in [0.2, 0.25) is 0 Å². The summed E-state index contributed by atoms with van der Waals surface area (Å²) >= 11 is 0. The highest BCUT2D eigenvalue weighted by Gasteiger charge is 2.28. The lowest BCUT2D eigenvalue weighted by molar-refractivity contribution is -0.136. The van der Waals surface area contributed by atoms with Gasteiger partial charge in [-0.05, 0) is 6.42 Å². The second-order valence-corrected chi connectivity index (χ2v) is 3.77. The van der Waals surface area contributed by atoms with E-state index in [1.54, 1.807) is 0 Å². The predicted octanol–water partition coefficient (Wildman–Crippen LogP) is -2.01. The number of ether oxygens (including phenoxy) is 2. The number of nitrogens with two attached hydrogens (primary N) is 2. The summed E-state index contributed by atoms with van der Waals surface area (Å²) in [5.41, 5.74) is 9.70. The Balaban J connectivity index is 2.58. The normalized spacial score (nSPS) is 19.5. The number of anilines is 1. The number of nitrogen functional groups attached to an aromatic ring is 1. The Labute approximate surface area is 105 Å². The molecule has 0 bridgehead atoms. The van der Waals surface area contributed by atoms with Gasteiger partial charge in [0.25, 0.3) is 5.88 Å². The Kier molecular flexibility index (Phi) is 3.09. The Morgan fingerprint density at radius 1 is 1.32 bits per heavy atom. The van der Waals surface area contributed by atoms with Gasteiger partial charge >= 0.3 is 17.6 Å². The molecular weight excluding hydrogens is 260 g/mol. The fourth-order valence-corrected chi connectivity index (χ4v) is 1.39. The minimum atomic E-state index is -1.18. The van der Waals surface area contributed by atoms with Crippen LogP contribution in [0, 0.1) is 0 Å². The Bertz CT molecular complexity index is 609. The lowest BCUT2D eigenvalue weighted by Gasteiger charge is -2.11. The largest absolute Gasteiger partial charge is 0.422 e. The summed E-state index contributed by atoms with van der Waals surface area (Å²) in [4.78, 5) is 37.4. The third-order valence-corrected chi connectivity index (χ3v) is 2.41. The molecule has 0 amide bonds. The third kappa shape index (κ3) is 2.33. The van der Waals surface area contributed by atoms with E-state index in [1.165, 1.54) is 0 Å². The van der Waals surface area contributed by atoms with E-state index in [9.17, 15) is 19.6 Å². The van der Waals surface area contributed by atoms with Crippen LogP contribution in [0.1, 0.15) is 12.8 Å². The lowest BCUT2D eigenvalue weighted by atomic mass is 10.2. The first kappa shape index (κ1) is 12.8. The molecule has 0 spiro atoms. The van der Waals surface area contributed by atoms with Gasteiger partial charge in [0.05, 0.1) is 0 Å². The maximum Gasteiger partial charge on any atom is 0.385 e. The summed E-state index contributed by atoms with van der Waals surface area (Å²) in [5.74, 6) is -3.37. The molecule has 0 unspecified atom stereocenters. The van der Waals surface area contributed by atoms with Crippen LogP contribution in [-0.2, 0) is 9.59 Å². The minimum Gasteiger partial charge on any atom is -0.422 e. The first-order valence-electron chi connectivity index (χ1n) is 5.20. The number of fused-ring (bicyclic) bond motifs is 1. The number of carbonyl (C=O) groups excluding carboxylic acids is 2. The quantitative estimate of drug-likeness (QED) is 0.357. The van der Waals surface area contributed by atoms with Crippen LogP contribution in [0.3, 0.4) is 0 Å². The smallest absolute Gasteiger partial charge is 0.385 e. The summed E-state index contributed by atoms with van der Waals surface area (Å²) in [6.07, 6.45) is -0.144.